The minimum absolute atomic E-state index is 0.388. The van der Waals surface area contributed by atoms with E-state index in [2.05, 4.69) is 28.5 Å². The molecule has 1 aromatic rings. The topological polar surface area (TPSA) is 63.8 Å². The molecule has 0 aliphatic heterocycles. The Morgan fingerprint density at radius 3 is 2.86 bits per heavy atom. The van der Waals surface area contributed by atoms with Crippen LogP contribution in [0.25, 0.3) is 0 Å². The average Bonchev–Trinajstić information content (AvgIpc) is 2.01. The Kier molecular flexibility index (Phi) is 4.00. The third-order valence-electron chi connectivity index (χ3n) is 1.67. The number of aryl methyl sites for hydroxylation is 1. The molecule has 78 valence electrons. The summed E-state index contributed by atoms with van der Waals surface area (Å²) in [5.74, 6) is 3.06. The average molecular weight is 212 g/mol. The van der Waals surface area contributed by atoms with Crippen LogP contribution in [0.5, 0.6) is 0 Å². The van der Waals surface area contributed by atoms with Gasteiger partial charge in [0.15, 0.2) is 0 Å². The molecule has 0 amide bonds. The summed E-state index contributed by atoms with van der Waals surface area (Å²) >= 11 is 1.80. The Morgan fingerprint density at radius 2 is 2.29 bits per heavy atom. The maximum Gasteiger partial charge on any atom is 0.132 e. The predicted octanol–water partition coefficient (Wildman–Crippen LogP) is 1.53. The molecule has 5 heteroatoms. The van der Waals surface area contributed by atoms with Gasteiger partial charge in [-0.1, -0.05) is 0 Å². The van der Waals surface area contributed by atoms with Gasteiger partial charge in [-0.15, -0.1) is 0 Å². The normalized spacial score (nSPS) is 12.5. The van der Waals surface area contributed by atoms with E-state index < -0.39 is 0 Å². The fourth-order valence-electron chi connectivity index (χ4n) is 1.21. The number of hydrogen-bond acceptors (Lipinski definition) is 5. The molecule has 0 saturated heterocycles. The fourth-order valence-corrected chi connectivity index (χ4v) is 1.79. The van der Waals surface area contributed by atoms with E-state index >= 15 is 0 Å². The van der Waals surface area contributed by atoms with E-state index in [1.54, 1.807) is 17.8 Å². The highest BCUT2D eigenvalue weighted by Gasteiger charge is 2.03. The molecule has 0 spiro atoms. The van der Waals surface area contributed by atoms with Gasteiger partial charge in [0, 0.05) is 17.9 Å². The van der Waals surface area contributed by atoms with Crippen LogP contribution in [0.2, 0.25) is 0 Å². The van der Waals surface area contributed by atoms with Crippen LogP contribution in [0.3, 0.4) is 0 Å². The third kappa shape index (κ3) is 3.41. The highest BCUT2D eigenvalue weighted by atomic mass is 32.2. The third-order valence-corrected chi connectivity index (χ3v) is 2.50. The zero-order chi connectivity index (χ0) is 10.6. The van der Waals surface area contributed by atoms with Crippen molar-refractivity contribution in [1.82, 2.24) is 9.97 Å². The van der Waals surface area contributed by atoms with Crippen LogP contribution in [-0.2, 0) is 0 Å². The van der Waals surface area contributed by atoms with Crippen LogP contribution in [0.15, 0.2) is 6.07 Å². The van der Waals surface area contributed by atoms with E-state index in [9.17, 15) is 0 Å². The number of nitrogens with zero attached hydrogens (tertiary/aromatic N) is 2. The largest absolute Gasteiger partial charge is 0.384 e. The number of nitrogens with one attached hydrogen (secondary N) is 1. The van der Waals surface area contributed by atoms with Crippen molar-refractivity contribution < 1.29 is 0 Å². The molecule has 0 aliphatic rings. The molecule has 0 bridgehead atoms. The Balaban J connectivity index is 2.66. The standard InChI is InChI=1S/C9H16N4S/c1-6(5-14-3)11-9-4-8(10)12-7(2)13-9/h4,6H,5H2,1-3H3,(H3,10,11,12,13). The van der Waals surface area contributed by atoms with Crippen LogP contribution >= 0.6 is 11.8 Å². The van der Waals surface area contributed by atoms with Crippen molar-refractivity contribution in [3.8, 4) is 0 Å². The van der Waals surface area contributed by atoms with Gasteiger partial charge in [-0.25, -0.2) is 9.97 Å². The zero-order valence-electron chi connectivity index (χ0n) is 8.74. The molecule has 3 N–H and O–H groups in total. The monoisotopic (exact) mass is 212 g/mol. The Hall–Kier alpha value is -0.970. The summed E-state index contributed by atoms with van der Waals surface area (Å²) in [6, 6.07) is 2.14. The van der Waals surface area contributed by atoms with Crippen molar-refractivity contribution in [3.05, 3.63) is 11.9 Å². The fraction of sp³-hybridized carbons (Fsp3) is 0.556. The van der Waals surface area contributed by atoms with E-state index in [4.69, 9.17) is 5.73 Å². The SMILES string of the molecule is CSCC(C)Nc1cc(N)nc(C)n1. The van der Waals surface area contributed by atoms with Crippen LogP contribution in [0.1, 0.15) is 12.7 Å². The second kappa shape index (κ2) is 5.05. The van der Waals surface area contributed by atoms with Crippen LogP contribution in [0.4, 0.5) is 11.6 Å². The Morgan fingerprint density at radius 1 is 1.57 bits per heavy atom. The zero-order valence-corrected chi connectivity index (χ0v) is 9.56. The highest BCUT2D eigenvalue weighted by molar-refractivity contribution is 7.98. The van der Waals surface area contributed by atoms with Crippen molar-refractivity contribution in [3.63, 3.8) is 0 Å². The summed E-state index contributed by atoms with van der Waals surface area (Å²) in [6.45, 7) is 3.95. The lowest BCUT2D eigenvalue weighted by atomic mass is 10.4. The lowest BCUT2D eigenvalue weighted by Gasteiger charge is -2.13. The number of rotatable bonds is 4. The first-order chi connectivity index (χ1) is 6.61. The molecular weight excluding hydrogens is 196 g/mol. The van der Waals surface area contributed by atoms with Crippen molar-refractivity contribution in [1.29, 1.82) is 0 Å². The number of anilines is 2. The number of aromatic nitrogens is 2. The first kappa shape index (κ1) is 11.1. The first-order valence-electron chi connectivity index (χ1n) is 4.48. The van der Waals surface area contributed by atoms with Gasteiger partial charge in [-0.2, -0.15) is 11.8 Å². The minimum atomic E-state index is 0.388. The Bertz CT molecular complexity index is 283. The lowest BCUT2D eigenvalue weighted by Crippen LogP contribution is -2.19. The molecule has 1 aromatic heterocycles. The molecule has 0 saturated carbocycles. The predicted molar refractivity (Wildman–Crippen MR) is 62.6 cm³/mol. The minimum Gasteiger partial charge on any atom is -0.384 e. The van der Waals surface area contributed by atoms with E-state index in [0.717, 1.165) is 11.6 Å². The first-order valence-corrected chi connectivity index (χ1v) is 5.88. The maximum atomic E-state index is 5.61. The van der Waals surface area contributed by atoms with Crippen LogP contribution in [0, 0.1) is 6.92 Å². The van der Waals surface area contributed by atoms with Gasteiger partial charge in [0.25, 0.3) is 0 Å². The molecular formula is C9H16N4S. The number of hydrogen-bond donors (Lipinski definition) is 2. The van der Waals surface area contributed by atoms with Gasteiger partial charge in [0.05, 0.1) is 0 Å². The van der Waals surface area contributed by atoms with Gasteiger partial charge in [-0.05, 0) is 20.1 Å². The van der Waals surface area contributed by atoms with Gasteiger partial charge in [-0.3, -0.25) is 0 Å². The molecule has 1 heterocycles. The summed E-state index contributed by atoms with van der Waals surface area (Å²) in [5.41, 5.74) is 5.61. The second-order valence-electron chi connectivity index (χ2n) is 3.23. The van der Waals surface area contributed by atoms with E-state index in [-0.39, 0.29) is 0 Å². The quantitative estimate of drug-likeness (QED) is 0.792. The van der Waals surface area contributed by atoms with Crippen LogP contribution < -0.4 is 11.1 Å². The summed E-state index contributed by atoms with van der Waals surface area (Å²) in [7, 11) is 0. The molecule has 1 rings (SSSR count). The van der Waals surface area contributed by atoms with Gasteiger partial charge in [0.2, 0.25) is 0 Å². The van der Waals surface area contributed by atoms with Crippen molar-refractivity contribution in [2.45, 2.75) is 19.9 Å². The van der Waals surface area contributed by atoms with Gasteiger partial charge < -0.3 is 11.1 Å². The number of nitrogens with two attached hydrogens (primary N) is 1. The second-order valence-corrected chi connectivity index (χ2v) is 4.14. The number of nitrogen functional groups attached to an aromatic ring is 1. The van der Waals surface area contributed by atoms with E-state index in [1.165, 1.54) is 0 Å². The van der Waals surface area contributed by atoms with Crippen molar-refractivity contribution in [2.75, 3.05) is 23.1 Å². The smallest absolute Gasteiger partial charge is 0.132 e. The summed E-state index contributed by atoms with van der Waals surface area (Å²) < 4.78 is 0. The molecule has 14 heavy (non-hydrogen) atoms. The van der Waals surface area contributed by atoms with E-state index in [1.807, 2.05) is 6.92 Å². The molecule has 0 radical (unpaired) electrons. The van der Waals surface area contributed by atoms with E-state index in [0.29, 0.717) is 17.7 Å². The summed E-state index contributed by atoms with van der Waals surface area (Å²) in [6.07, 6.45) is 2.08. The summed E-state index contributed by atoms with van der Waals surface area (Å²) in [5, 5.41) is 3.27. The highest BCUT2D eigenvalue weighted by Crippen LogP contribution is 2.10. The molecule has 0 fully saturated rings. The van der Waals surface area contributed by atoms with Crippen molar-refractivity contribution in [2.24, 2.45) is 0 Å². The van der Waals surface area contributed by atoms with Gasteiger partial charge >= 0.3 is 0 Å². The molecule has 0 aromatic carbocycles. The van der Waals surface area contributed by atoms with Gasteiger partial charge in [0.1, 0.15) is 17.5 Å². The van der Waals surface area contributed by atoms with Crippen LogP contribution in [-0.4, -0.2) is 28.0 Å². The maximum absolute atomic E-state index is 5.61. The number of thioether (sulfide) groups is 1. The molecule has 4 nitrogen and oxygen atoms in total. The van der Waals surface area contributed by atoms with Crippen molar-refractivity contribution >= 4 is 23.4 Å². The lowest BCUT2D eigenvalue weighted by molar-refractivity contribution is 0.894. The molecule has 1 atom stereocenters. The Labute approximate surface area is 88.7 Å². The molecule has 1 unspecified atom stereocenters. The molecule has 0 aliphatic carbocycles. The summed E-state index contributed by atoms with van der Waals surface area (Å²) in [4.78, 5) is 8.25.